The molecule has 21 heavy (non-hydrogen) atoms. The number of hydrogen-bond acceptors (Lipinski definition) is 5. The molecule has 0 bridgehead atoms. The Morgan fingerprint density at radius 3 is 2.62 bits per heavy atom. The van der Waals surface area contributed by atoms with E-state index >= 15 is 0 Å². The Kier molecular flexibility index (Phi) is 3.23. The van der Waals surface area contributed by atoms with Crippen LogP contribution in [0.3, 0.4) is 0 Å². The number of aliphatic hydroxyl groups is 1. The fraction of sp³-hybridized carbons (Fsp3) is 0.533. The van der Waals surface area contributed by atoms with Gasteiger partial charge in [0.15, 0.2) is 5.16 Å². The summed E-state index contributed by atoms with van der Waals surface area (Å²) >= 11 is 1.61. The molecule has 2 fully saturated rings. The fourth-order valence-electron chi connectivity index (χ4n) is 2.46. The van der Waals surface area contributed by atoms with E-state index in [4.69, 9.17) is 0 Å². The lowest BCUT2D eigenvalue weighted by Crippen LogP contribution is -2.01. The smallest absolute Gasteiger partial charge is 0.196 e. The number of aliphatic hydroxyl groups excluding tert-OH is 1. The molecule has 2 saturated carbocycles. The highest BCUT2D eigenvalue weighted by Crippen LogP contribution is 2.46. The van der Waals surface area contributed by atoms with E-state index in [1.165, 1.54) is 31.5 Å². The topological polar surface area (TPSA) is 63.8 Å². The summed E-state index contributed by atoms with van der Waals surface area (Å²) in [6.45, 7) is 1.72. The van der Waals surface area contributed by atoms with E-state index in [1.807, 2.05) is 12.1 Å². The Morgan fingerprint density at radius 2 is 2.05 bits per heavy atom. The summed E-state index contributed by atoms with van der Waals surface area (Å²) in [4.78, 5) is 5.33. The van der Waals surface area contributed by atoms with Gasteiger partial charge in [0.1, 0.15) is 5.82 Å². The van der Waals surface area contributed by atoms with Gasteiger partial charge in [-0.2, -0.15) is 0 Å². The molecule has 6 heteroatoms. The van der Waals surface area contributed by atoms with Crippen LogP contribution in [-0.4, -0.2) is 24.9 Å². The summed E-state index contributed by atoms with van der Waals surface area (Å²) in [5.74, 6) is 1.80. The first-order valence-corrected chi connectivity index (χ1v) is 8.30. The van der Waals surface area contributed by atoms with Crippen LogP contribution < -0.4 is 0 Å². The molecule has 2 aromatic rings. The van der Waals surface area contributed by atoms with Crippen molar-refractivity contribution < 1.29 is 5.11 Å². The Morgan fingerprint density at radius 1 is 1.24 bits per heavy atom. The van der Waals surface area contributed by atoms with Gasteiger partial charge in [0.2, 0.25) is 0 Å². The molecule has 5 nitrogen and oxygen atoms in total. The molecule has 110 valence electrons. The zero-order valence-corrected chi connectivity index (χ0v) is 12.8. The van der Waals surface area contributed by atoms with Crippen molar-refractivity contribution >= 4 is 11.8 Å². The first-order valence-electron chi connectivity index (χ1n) is 7.49. The molecule has 0 spiro atoms. The summed E-state index contributed by atoms with van der Waals surface area (Å²) in [6, 6.07) is 4.46. The maximum absolute atomic E-state index is 9.51. The van der Waals surface area contributed by atoms with Crippen molar-refractivity contribution in [3.63, 3.8) is 0 Å². The molecule has 0 unspecified atom stereocenters. The summed E-state index contributed by atoms with van der Waals surface area (Å²) in [7, 11) is 0. The first kappa shape index (κ1) is 13.3. The lowest BCUT2D eigenvalue weighted by atomic mass is 10.2. The van der Waals surface area contributed by atoms with Crippen LogP contribution >= 0.6 is 11.8 Å². The number of hydrogen-bond donors (Lipinski definition) is 1. The quantitative estimate of drug-likeness (QED) is 0.919. The van der Waals surface area contributed by atoms with Crippen molar-refractivity contribution in [3.8, 4) is 0 Å². The molecule has 2 heterocycles. The van der Waals surface area contributed by atoms with Gasteiger partial charge in [0.25, 0.3) is 0 Å². The predicted molar refractivity (Wildman–Crippen MR) is 79.3 cm³/mol. The van der Waals surface area contributed by atoms with Gasteiger partial charge in [-0.15, -0.1) is 10.2 Å². The Balaban J connectivity index is 1.59. The second kappa shape index (κ2) is 5.10. The summed E-state index contributed by atoms with van der Waals surface area (Å²) in [5, 5.41) is 19.3. The Bertz CT molecular complexity index is 644. The largest absolute Gasteiger partial charge is 0.387 e. The summed E-state index contributed by atoms with van der Waals surface area (Å²) in [5.41, 5.74) is 0.696. The number of pyridine rings is 1. The number of aromatic nitrogens is 4. The highest BCUT2D eigenvalue weighted by atomic mass is 32.2. The molecule has 0 saturated heterocycles. The normalized spacial score (nSPS) is 19.7. The molecular formula is C15H18N4OS. The molecule has 2 aliphatic rings. The highest BCUT2D eigenvalue weighted by molar-refractivity contribution is 7.99. The third-order valence-electron chi connectivity index (χ3n) is 3.94. The second-order valence-electron chi connectivity index (χ2n) is 5.91. The molecule has 1 atom stereocenters. The van der Waals surface area contributed by atoms with E-state index in [9.17, 15) is 5.11 Å². The van der Waals surface area contributed by atoms with Crippen molar-refractivity contribution in [1.82, 2.24) is 19.7 Å². The van der Waals surface area contributed by atoms with Crippen LogP contribution in [0, 0.1) is 0 Å². The molecule has 4 rings (SSSR count). The maximum Gasteiger partial charge on any atom is 0.196 e. The molecule has 0 aliphatic heterocycles. The van der Waals surface area contributed by atoms with Crippen molar-refractivity contribution in [3.05, 3.63) is 29.8 Å². The monoisotopic (exact) mass is 302 g/mol. The van der Waals surface area contributed by atoms with E-state index in [1.54, 1.807) is 24.9 Å². The zero-order valence-electron chi connectivity index (χ0n) is 11.9. The minimum atomic E-state index is -0.527. The van der Waals surface area contributed by atoms with Gasteiger partial charge in [0.05, 0.1) is 11.8 Å². The third kappa shape index (κ3) is 2.70. The van der Waals surface area contributed by atoms with Crippen LogP contribution in [0.5, 0.6) is 0 Å². The van der Waals surface area contributed by atoms with Crippen LogP contribution in [0.15, 0.2) is 28.4 Å². The Labute approximate surface area is 127 Å². The lowest BCUT2D eigenvalue weighted by Gasteiger charge is -2.08. The number of rotatable bonds is 5. The van der Waals surface area contributed by atoms with Crippen LogP contribution in [0.4, 0.5) is 0 Å². The molecule has 0 amide bonds. The van der Waals surface area contributed by atoms with Crippen molar-refractivity contribution in [1.29, 1.82) is 0 Å². The van der Waals surface area contributed by atoms with Gasteiger partial charge < -0.3 is 9.67 Å². The predicted octanol–water partition coefficient (Wildman–Crippen LogP) is 3.09. The van der Waals surface area contributed by atoms with E-state index < -0.39 is 6.10 Å². The third-order valence-corrected chi connectivity index (χ3v) is 4.88. The lowest BCUT2D eigenvalue weighted by molar-refractivity contribution is 0.194. The van der Waals surface area contributed by atoms with Gasteiger partial charge in [-0.05, 0) is 56.5 Å². The van der Waals surface area contributed by atoms with Crippen LogP contribution in [0.2, 0.25) is 0 Å². The van der Waals surface area contributed by atoms with Gasteiger partial charge in [0, 0.05) is 23.1 Å². The molecule has 0 aromatic carbocycles. The van der Waals surface area contributed by atoms with E-state index in [0.717, 1.165) is 10.1 Å². The standard InChI is InChI=1S/C15H18N4OS/c1-9(20)13-7-6-12(8-16-13)21-15-18-17-14(10-2-3-10)19(15)11-4-5-11/h6-11,20H,2-5H2,1H3/t9-/m0/s1. The summed E-state index contributed by atoms with van der Waals surface area (Å²) < 4.78 is 2.34. The Hall–Kier alpha value is -1.40. The van der Waals surface area contributed by atoms with Crippen LogP contribution in [-0.2, 0) is 0 Å². The summed E-state index contributed by atoms with van der Waals surface area (Å²) in [6.07, 6.45) is 6.26. The van der Waals surface area contributed by atoms with Gasteiger partial charge in [-0.3, -0.25) is 4.98 Å². The van der Waals surface area contributed by atoms with Gasteiger partial charge in [-0.1, -0.05) is 0 Å². The van der Waals surface area contributed by atoms with E-state index in [0.29, 0.717) is 17.7 Å². The van der Waals surface area contributed by atoms with Crippen molar-refractivity contribution in [2.24, 2.45) is 0 Å². The SMILES string of the molecule is C[C@H](O)c1ccc(Sc2nnc(C3CC3)n2C2CC2)cn1. The van der Waals surface area contributed by atoms with Crippen molar-refractivity contribution in [2.45, 2.75) is 60.7 Å². The average molecular weight is 302 g/mol. The van der Waals surface area contributed by atoms with Gasteiger partial charge >= 0.3 is 0 Å². The molecule has 2 aromatic heterocycles. The van der Waals surface area contributed by atoms with Gasteiger partial charge in [-0.25, -0.2) is 0 Å². The van der Waals surface area contributed by atoms with Crippen molar-refractivity contribution in [2.75, 3.05) is 0 Å². The average Bonchev–Trinajstić information content (AvgIpc) is 3.39. The van der Waals surface area contributed by atoms with E-state index in [-0.39, 0.29) is 0 Å². The zero-order chi connectivity index (χ0) is 14.4. The first-order chi connectivity index (χ1) is 10.2. The van der Waals surface area contributed by atoms with E-state index in [2.05, 4.69) is 19.7 Å². The highest BCUT2D eigenvalue weighted by Gasteiger charge is 2.36. The molecular weight excluding hydrogens is 284 g/mol. The minimum Gasteiger partial charge on any atom is -0.387 e. The maximum atomic E-state index is 9.51. The second-order valence-corrected chi connectivity index (χ2v) is 6.95. The fourth-order valence-corrected chi connectivity index (χ4v) is 3.33. The molecule has 0 radical (unpaired) electrons. The van der Waals surface area contributed by atoms with Crippen LogP contribution in [0.1, 0.15) is 62.2 Å². The molecule has 2 aliphatic carbocycles. The van der Waals surface area contributed by atoms with Crippen LogP contribution in [0.25, 0.3) is 0 Å². The minimum absolute atomic E-state index is 0.527. The number of nitrogens with zero attached hydrogens (tertiary/aromatic N) is 4. The molecule has 1 N–H and O–H groups in total.